The normalized spacial score (nSPS) is 11.0. The predicted octanol–water partition coefficient (Wildman–Crippen LogP) is 4.36. The minimum absolute atomic E-state index is 0.872. The quantitative estimate of drug-likeness (QED) is 0.735. The van der Waals surface area contributed by atoms with Gasteiger partial charge in [0.05, 0.1) is 12.6 Å². The first-order chi connectivity index (χ1) is 10.7. The molecule has 0 aliphatic heterocycles. The van der Waals surface area contributed by atoms with E-state index in [2.05, 4.69) is 47.7 Å². The van der Waals surface area contributed by atoms with Gasteiger partial charge in [0.2, 0.25) is 0 Å². The third kappa shape index (κ3) is 2.98. The number of hydrogen-bond acceptors (Lipinski definition) is 3. The number of benzene rings is 2. The summed E-state index contributed by atoms with van der Waals surface area (Å²) < 4.78 is 5.28. The fourth-order valence-corrected chi connectivity index (χ4v) is 3.59. The van der Waals surface area contributed by atoms with Gasteiger partial charge in [-0.05, 0) is 37.7 Å². The summed E-state index contributed by atoms with van der Waals surface area (Å²) in [4.78, 5) is 5.85. The van der Waals surface area contributed by atoms with Crippen molar-refractivity contribution in [1.82, 2.24) is 10.3 Å². The molecule has 0 amide bonds. The minimum atomic E-state index is 0.872. The Hall–Kier alpha value is -1.91. The second-order valence-corrected chi connectivity index (χ2v) is 6.39. The molecule has 22 heavy (non-hydrogen) atoms. The van der Waals surface area contributed by atoms with Crippen LogP contribution in [0.3, 0.4) is 0 Å². The van der Waals surface area contributed by atoms with E-state index in [1.165, 1.54) is 26.3 Å². The van der Waals surface area contributed by atoms with Crippen LogP contribution >= 0.6 is 11.8 Å². The Morgan fingerprint density at radius 2 is 2.00 bits per heavy atom. The molecule has 3 aromatic rings. The molecule has 0 spiro atoms. The van der Waals surface area contributed by atoms with Crippen LogP contribution in [0, 0.1) is 6.92 Å². The highest BCUT2D eigenvalue weighted by Crippen LogP contribution is 2.36. The molecule has 0 aliphatic rings. The first-order valence-corrected chi connectivity index (χ1v) is 8.10. The third-order valence-electron chi connectivity index (χ3n) is 3.65. The van der Waals surface area contributed by atoms with Gasteiger partial charge < -0.3 is 15.0 Å². The molecule has 0 bridgehead atoms. The molecule has 2 N–H and O–H groups in total. The molecule has 0 saturated heterocycles. The SMILES string of the molecule is CNCc1cc(C)ccc1Sc1c[nH]c2cc(OC)ccc12. The van der Waals surface area contributed by atoms with Crippen molar-refractivity contribution in [2.75, 3.05) is 14.2 Å². The maximum atomic E-state index is 5.28. The van der Waals surface area contributed by atoms with Crippen LogP contribution < -0.4 is 10.1 Å². The van der Waals surface area contributed by atoms with Crippen molar-refractivity contribution in [2.45, 2.75) is 23.3 Å². The Morgan fingerprint density at radius 3 is 2.77 bits per heavy atom. The summed E-state index contributed by atoms with van der Waals surface area (Å²) in [6, 6.07) is 12.8. The Morgan fingerprint density at radius 1 is 1.14 bits per heavy atom. The molecule has 3 rings (SSSR count). The highest BCUT2D eigenvalue weighted by Gasteiger charge is 2.09. The van der Waals surface area contributed by atoms with E-state index in [1.807, 2.05) is 19.2 Å². The maximum absolute atomic E-state index is 5.28. The number of aryl methyl sites for hydroxylation is 1. The van der Waals surface area contributed by atoms with E-state index in [9.17, 15) is 0 Å². The number of fused-ring (bicyclic) bond motifs is 1. The van der Waals surface area contributed by atoms with Crippen molar-refractivity contribution < 1.29 is 4.74 Å². The standard InChI is InChI=1S/C18H20N2OS/c1-12-4-7-17(13(8-12)10-19-2)22-18-11-20-16-9-14(21-3)5-6-15(16)18/h4-9,11,19-20H,10H2,1-3H3. The van der Waals surface area contributed by atoms with Gasteiger partial charge in [-0.15, -0.1) is 0 Å². The molecule has 0 aliphatic carbocycles. The zero-order chi connectivity index (χ0) is 15.5. The Labute approximate surface area is 135 Å². The van der Waals surface area contributed by atoms with Crippen molar-refractivity contribution in [3.63, 3.8) is 0 Å². The first-order valence-electron chi connectivity index (χ1n) is 7.28. The highest BCUT2D eigenvalue weighted by atomic mass is 32.2. The minimum Gasteiger partial charge on any atom is -0.497 e. The van der Waals surface area contributed by atoms with Gasteiger partial charge in [0, 0.05) is 34.0 Å². The van der Waals surface area contributed by atoms with Crippen LogP contribution in [-0.4, -0.2) is 19.1 Å². The lowest BCUT2D eigenvalue weighted by molar-refractivity contribution is 0.415. The number of rotatable bonds is 5. The largest absolute Gasteiger partial charge is 0.497 e. The number of methoxy groups -OCH3 is 1. The second-order valence-electron chi connectivity index (χ2n) is 5.31. The summed E-state index contributed by atoms with van der Waals surface area (Å²) in [7, 11) is 3.67. The van der Waals surface area contributed by atoms with Crippen molar-refractivity contribution in [3.8, 4) is 5.75 Å². The van der Waals surface area contributed by atoms with E-state index in [1.54, 1.807) is 18.9 Å². The number of nitrogens with one attached hydrogen (secondary N) is 2. The summed E-state index contributed by atoms with van der Waals surface area (Å²) in [5.74, 6) is 0.872. The van der Waals surface area contributed by atoms with Gasteiger partial charge in [-0.3, -0.25) is 0 Å². The van der Waals surface area contributed by atoms with E-state index in [0.717, 1.165) is 17.8 Å². The number of ether oxygens (including phenoxy) is 1. The van der Waals surface area contributed by atoms with Gasteiger partial charge in [0.1, 0.15) is 5.75 Å². The topological polar surface area (TPSA) is 37.0 Å². The molecule has 0 unspecified atom stereocenters. The third-order valence-corrected chi connectivity index (χ3v) is 4.83. The van der Waals surface area contributed by atoms with E-state index >= 15 is 0 Å². The zero-order valence-corrected chi connectivity index (χ0v) is 13.9. The summed E-state index contributed by atoms with van der Waals surface area (Å²) in [5.41, 5.74) is 3.72. The fraction of sp³-hybridized carbons (Fsp3) is 0.222. The second kappa shape index (κ2) is 6.46. The van der Waals surface area contributed by atoms with Gasteiger partial charge in [-0.25, -0.2) is 0 Å². The van der Waals surface area contributed by atoms with Gasteiger partial charge in [0.25, 0.3) is 0 Å². The van der Waals surface area contributed by atoms with E-state index < -0.39 is 0 Å². The average Bonchev–Trinajstić information content (AvgIpc) is 2.92. The lowest BCUT2D eigenvalue weighted by atomic mass is 10.1. The van der Waals surface area contributed by atoms with E-state index in [0.29, 0.717) is 0 Å². The number of aromatic nitrogens is 1. The molecular formula is C18H20N2OS. The Bertz CT molecular complexity index is 795. The van der Waals surface area contributed by atoms with E-state index in [4.69, 9.17) is 4.74 Å². The smallest absolute Gasteiger partial charge is 0.120 e. The van der Waals surface area contributed by atoms with Gasteiger partial charge in [-0.1, -0.05) is 29.5 Å². The van der Waals surface area contributed by atoms with Crippen molar-refractivity contribution in [2.24, 2.45) is 0 Å². The number of hydrogen-bond donors (Lipinski definition) is 2. The van der Waals surface area contributed by atoms with Crippen LogP contribution in [-0.2, 0) is 6.54 Å². The number of H-pyrrole nitrogens is 1. The molecular weight excluding hydrogens is 292 g/mol. The number of aromatic amines is 1. The van der Waals surface area contributed by atoms with Crippen molar-refractivity contribution in [1.29, 1.82) is 0 Å². The summed E-state index contributed by atoms with van der Waals surface area (Å²) in [5, 5.41) is 4.47. The highest BCUT2D eigenvalue weighted by molar-refractivity contribution is 7.99. The molecule has 1 aromatic heterocycles. The molecule has 2 aromatic carbocycles. The maximum Gasteiger partial charge on any atom is 0.120 e. The molecule has 0 fully saturated rings. The van der Waals surface area contributed by atoms with Crippen molar-refractivity contribution in [3.05, 3.63) is 53.7 Å². The van der Waals surface area contributed by atoms with Gasteiger partial charge >= 0.3 is 0 Å². The lowest BCUT2D eigenvalue weighted by Crippen LogP contribution is -2.06. The molecule has 4 heteroatoms. The fourth-order valence-electron chi connectivity index (χ4n) is 2.54. The molecule has 0 radical (unpaired) electrons. The molecule has 1 heterocycles. The van der Waals surface area contributed by atoms with Gasteiger partial charge in [0.15, 0.2) is 0 Å². The van der Waals surface area contributed by atoms with Crippen LogP contribution in [0.5, 0.6) is 5.75 Å². The molecule has 114 valence electrons. The van der Waals surface area contributed by atoms with Crippen LogP contribution in [0.25, 0.3) is 10.9 Å². The van der Waals surface area contributed by atoms with Crippen LogP contribution in [0.2, 0.25) is 0 Å². The zero-order valence-electron chi connectivity index (χ0n) is 13.1. The molecule has 0 atom stereocenters. The van der Waals surface area contributed by atoms with Gasteiger partial charge in [-0.2, -0.15) is 0 Å². The van der Waals surface area contributed by atoms with Crippen LogP contribution in [0.1, 0.15) is 11.1 Å². The molecule has 3 nitrogen and oxygen atoms in total. The molecule has 0 saturated carbocycles. The summed E-state index contributed by atoms with van der Waals surface area (Å²) in [6.07, 6.45) is 2.07. The predicted molar refractivity (Wildman–Crippen MR) is 92.9 cm³/mol. The first kappa shape index (κ1) is 15.0. The van der Waals surface area contributed by atoms with Crippen molar-refractivity contribution >= 4 is 22.7 Å². The van der Waals surface area contributed by atoms with E-state index in [-0.39, 0.29) is 0 Å². The Balaban J connectivity index is 1.96. The van der Waals surface area contributed by atoms with Crippen LogP contribution in [0.4, 0.5) is 0 Å². The lowest BCUT2D eigenvalue weighted by Gasteiger charge is -2.09. The summed E-state index contributed by atoms with van der Waals surface area (Å²) in [6.45, 7) is 3.01. The van der Waals surface area contributed by atoms with Crippen LogP contribution in [0.15, 0.2) is 52.4 Å². The monoisotopic (exact) mass is 312 g/mol. The summed E-state index contributed by atoms with van der Waals surface area (Å²) >= 11 is 1.80. The Kier molecular flexibility index (Phi) is 4.41. The average molecular weight is 312 g/mol.